The van der Waals surface area contributed by atoms with Crippen molar-refractivity contribution >= 4 is 15.9 Å². The summed E-state index contributed by atoms with van der Waals surface area (Å²) >= 11 is 3.46. The van der Waals surface area contributed by atoms with E-state index < -0.39 is 0 Å². The highest BCUT2D eigenvalue weighted by Crippen LogP contribution is 2.10. The highest BCUT2D eigenvalue weighted by Gasteiger charge is 1.98. The van der Waals surface area contributed by atoms with E-state index >= 15 is 0 Å². The highest BCUT2D eigenvalue weighted by atomic mass is 79.9. The molecule has 0 radical (unpaired) electrons. The quantitative estimate of drug-likeness (QED) is 0.556. The van der Waals surface area contributed by atoms with Crippen LogP contribution in [0.4, 0.5) is 0 Å². The molecule has 0 aliphatic rings. The van der Waals surface area contributed by atoms with Gasteiger partial charge in [0.2, 0.25) is 0 Å². The number of hydrogen-bond acceptors (Lipinski definition) is 1. The largest absolute Gasteiger partial charge is 0.313 e. The Morgan fingerprint density at radius 3 is 2.59 bits per heavy atom. The van der Waals surface area contributed by atoms with E-state index in [1.807, 2.05) is 0 Å². The third-order valence-corrected chi connectivity index (χ3v) is 3.62. The fraction of sp³-hybridized carbons (Fsp3) is 0.600. The molecular weight excluding hydrogens is 274 g/mol. The predicted molar refractivity (Wildman–Crippen MR) is 79.9 cm³/mol. The smallest absolute Gasteiger partial charge is 0.0208 e. The van der Waals surface area contributed by atoms with Gasteiger partial charge in [0.15, 0.2) is 0 Å². The molecule has 0 amide bonds. The van der Waals surface area contributed by atoms with Gasteiger partial charge in [-0.1, -0.05) is 52.5 Å². The molecule has 0 fully saturated rings. The Kier molecular flexibility index (Phi) is 7.54. The summed E-state index contributed by atoms with van der Waals surface area (Å²) in [5, 5.41) is 4.68. The van der Waals surface area contributed by atoms with Crippen LogP contribution in [0.1, 0.15) is 42.4 Å². The molecule has 0 saturated heterocycles. The molecule has 1 aromatic rings. The van der Waals surface area contributed by atoms with Crippen LogP contribution in [0.15, 0.2) is 18.2 Å². The molecule has 1 rings (SSSR count). The molecule has 2 heteroatoms. The van der Waals surface area contributed by atoms with E-state index in [0.717, 1.165) is 18.4 Å². The lowest BCUT2D eigenvalue weighted by molar-refractivity contribution is 0.599. The normalized spacial score (nSPS) is 10.8. The molecule has 0 aromatic heterocycles. The van der Waals surface area contributed by atoms with Crippen molar-refractivity contribution in [3.05, 3.63) is 34.9 Å². The number of alkyl halides is 1. The summed E-state index contributed by atoms with van der Waals surface area (Å²) in [5.41, 5.74) is 4.18. The Hall–Kier alpha value is -0.340. The molecule has 96 valence electrons. The van der Waals surface area contributed by atoms with Crippen molar-refractivity contribution in [1.82, 2.24) is 5.32 Å². The summed E-state index contributed by atoms with van der Waals surface area (Å²) in [5.74, 6) is 0. The van der Waals surface area contributed by atoms with Crippen LogP contribution in [-0.4, -0.2) is 11.9 Å². The first-order valence-electron chi connectivity index (χ1n) is 6.57. The fourth-order valence-electron chi connectivity index (χ4n) is 1.91. The van der Waals surface area contributed by atoms with Crippen molar-refractivity contribution in [2.24, 2.45) is 0 Å². The van der Waals surface area contributed by atoms with E-state index in [9.17, 15) is 0 Å². The number of hydrogen-bond donors (Lipinski definition) is 1. The van der Waals surface area contributed by atoms with Crippen LogP contribution in [0.5, 0.6) is 0 Å². The maximum atomic E-state index is 3.53. The van der Waals surface area contributed by atoms with Gasteiger partial charge in [0.25, 0.3) is 0 Å². The Morgan fingerprint density at radius 2 is 1.82 bits per heavy atom. The minimum absolute atomic E-state index is 1.01. The molecule has 0 heterocycles. The zero-order valence-electron chi connectivity index (χ0n) is 11.1. The van der Waals surface area contributed by atoms with Crippen LogP contribution < -0.4 is 5.32 Å². The van der Waals surface area contributed by atoms with Gasteiger partial charge in [0.05, 0.1) is 0 Å². The monoisotopic (exact) mass is 297 g/mol. The first-order chi connectivity index (χ1) is 8.24. The second-order valence-electron chi connectivity index (χ2n) is 4.71. The lowest BCUT2D eigenvalue weighted by Gasteiger charge is -2.08. The van der Waals surface area contributed by atoms with Crippen LogP contribution >= 0.6 is 15.9 Å². The Balaban J connectivity index is 2.15. The second-order valence-corrected chi connectivity index (χ2v) is 5.50. The minimum atomic E-state index is 1.01. The molecule has 0 aliphatic carbocycles. The SMILES string of the molecule is Cc1ccc(C)c(CNCCCCCCBr)c1. The molecule has 1 aromatic carbocycles. The zero-order valence-corrected chi connectivity index (χ0v) is 12.6. The summed E-state index contributed by atoms with van der Waals surface area (Å²) in [6.07, 6.45) is 5.27. The summed E-state index contributed by atoms with van der Waals surface area (Å²) in [4.78, 5) is 0. The Morgan fingerprint density at radius 1 is 1.06 bits per heavy atom. The van der Waals surface area contributed by atoms with Gasteiger partial charge < -0.3 is 5.32 Å². The van der Waals surface area contributed by atoms with Gasteiger partial charge in [0, 0.05) is 11.9 Å². The number of unbranched alkanes of at least 4 members (excludes halogenated alkanes) is 3. The van der Waals surface area contributed by atoms with E-state index in [4.69, 9.17) is 0 Å². The molecule has 0 bridgehead atoms. The number of halogens is 1. The molecular formula is C15H24BrN. The lowest BCUT2D eigenvalue weighted by Crippen LogP contribution is -2.15. The van der Waals surface area contributed by atoms with Crippen LogP contribution in [0, 0.1) is 13.8 Å². The van der Waals surface area contributed by atoms with E-state index in [1.54, 1.807) is 0 Å². The predicted octanol–water partition coefficient (Wildman–Crippen LogP) is 4.35. The first kappa shape index (κ1) is 14.7. The molecule has 0 unspecified atom stereocenters. The van der Waals surface area contributed by atoms with Crippen molar-refractivity contribution in [1.29, 1.82) is 0 Å². The number of rotatable bonds is 8. The van der Waals surface area contributed by atoms with Crippen LogP contribution in [0.2, 0.25) is 0 Å². The molecule has 0 spiro atoms. The zero-order chi connectivity index (χ0) is 12.5. The van der Waals surface area contributed by atoms with E-state index in [0.29, 0.717) is 0 Å². The average molecular weight is 298 g/mol. The molecule has 1 N–H and O–H groups in total. The van der Waals surface area contributed by atoms with E-state index in [2.05, 4.69) is 53.3 Å². The van der Waals surface area contributed by atoms with Crippen molar-refractivity contribution in [3.8, 4) is 0 Å². The topological polar surface area (TPSA) is 12.0 Å². The molecule has 0 aliphatic heterocycles. The number of benzene rings is 1. The van der Waals surface area contributed by atoms with Crippen molar-refractivity contribution in [2.75, 3.05) is 11.9 Å². The van der Waals surface area contributed by atoms with Crippen molar-refractivity contribution in [3.63, 3.8) is 0 Å². The fourth-order valence-corrected chi connectivity index (χ4v) is 2.31. The van der Waals surface area contributed by atoms with Gasteiger partial charge in [-0.25, -0.2) is 0 Å². The second kappa shape index (κ2) is 8.71. The van der Waals surface area contributed by atoms with E-state index in [-0.39, 0.29) is 0 Å². The van der Waals surface area contributed by atoms with Gasteiger partial charge >= 0.3 is 0 Å². The van der Waals surface area contributed by atoms with Crippen LogP contribution in [-0.2, 0) is 6.54 Å². The number of aryl methyl sites for hydroxylation is 2. The summed E-state index contributed by atoms with van der Waals surface area (Å²) in [6.45, 7) is 6.48. The molecule has 0 atom stereocenters. The average Bonchev–Trinajstić information content (AvgIpc) is 2.32. The molecule has 1 nitrogen and oxygen atoms in total. The van der Waals surface area contributed by atoms with Gasteiger partial charge in [-0.2, -0.15) is 0 Å². The van der Waals surface area contributed by atoms with Crippen molar-refractivity contribution < 1.29 is 0 Å². The third kappa shape index (κ3) is 6.23. The maximum absolute atomic E-state index is 3.53. The van der Waals surface area contributed by atoms with Crippen LogP contribution in [0.25, 0.3) is 0 Å². The van der Waals surface area contributed by atoms with Crippen LogP contribution in [0.3, 0.4) is 0 Å². The Labute approximate surface area is 114 Å². The Bertz CT molecular complexity index is 323. The highest BCUT2D eigenvalue weighted by molar-refractivity contribution is 9.09. The molecule has 0 saturated carbocycles. The number of nitrogens with one attached hydrogen (secondary N) is 1. The third-order valence-electron chi connectivity index (χ3n) is 3.06. The van der Waals surface area contributed by atoms with Gasteiger partial charge in [-0.3, -0.25) is 0 Å². The first-order valence-corrected chi connectivity index (χ1v) is 7.69. The summed E-state index contributed by atoms with van der Waals surface area (Å²) in [6, 6.07) is 6.68. The lowest BCUT2D eigenvalue weighted by atomic mass is 10.1. The summed E-state index contributed by atoms with van der Waals surface area (Å²) in [7, 11) is 0. The van der Waals surface area contributed by atoms with Gasteiger partial charge in [0.1, 0.15) is 0 Å². The summed E-state index contributed by atoms with van der Waals surface area (Å²) < 4.78 is 0. The molecule has 17 heavy (non-hydrogen) atoms. The standard InChI is InChI=1S/C15H24BrN/c1-13-7-8-14(2)15(11-13)12-17-10-6-4-3-5-9-16/h7-8,11,17H,3-6,9-10,12H2,1-2H3. The van der Waals surface area contributed by atoms with Gasteiger partial charge in [-0.15, -0.1) is 0 Å². The van der Waals surface area contributed by atoms with Gasteiger partial charge in [-0.05, 0) is 44.4 Å². The minimum Gasteiger partial charge on any atom is -0.313 e. The van der Waals surface area contributed by atoms with E-state index in [1.165, 1.54) is 42.4 Å². The maximum Gasteiger partial charge on any atom is 0.0208 e. The van der Waals surface area contributed by atoms with Crippen molar-refractivity contribution in [2.45, 2.75) is 46.1 Å².